The summed E-state index contributed by atoms with van der Waals surface area (Å²) in [6.07, 6.45) is 5.51. The Hall–Kier alpha value is -0.0900. The second kappa shape index (κ2) is 8.16. The van der Waals surface area contributed by atoms with Crippen LogP contribution in [0.2, 0.25) is 0 Å². The first-order valence-corrected chi connectivity index (χ1v) is 8.15. The minimum atomic E-state index is -0.0937. The Morgan fingerprint density at radius 1 is 1.33 bits per heavy atom. The van der Waals surface area contributed by atoms with Crippen LogP contribution in [0.25, 0.3) is 0 Å². The largest absolute Gasteiger partial charge is 0.379 e. The summed E-state index contributed by atoms with van der Waals surface area (Å²) in [5, 5.41) is 3.90. The van der Waals surface area contributed by atoms with Gasteiger partial charge in [-0.3, -0.25) is 4.79 Å². The van der Waals surface area contributed by atoms with Crippen molar-refractivity contribution in [3.63, 3.8) is 0 Å². The summed E-state index contributed by atoms with van der Waals surface area (Å²) < 4.78 is 5.35. The summed E-state index contributed by atoms with van der Waals surface area (Å²) in [5.74, 6) is 0.828. The van der Waals surface area contributed by atoms with Gasteiger partial charge < -0.3 is 10.1 Å². The number of rotatable bonds is 8. The summed E-state index contributed by atoms with van der Waals surface area (Å²) >= 11 is 3.31. The number of nitrogens with one attached hydrogen (secondary N) is 1. The Bertz CT molecular complexity index is 250. The number of hydrogen-bond acceptors (Lipinski definition) is 2. The van der Waals surface area contributed by atoms with Gasteiger partial charge in [0.1, 0.15) is 0 Å². The van der Waals surface area contributed by atoms with E-state index in [1.165, 1.54) is 12.8 Å². The Balaban J connectivity index is 2.36. The van der Waals surface area contributed by atoms with Crippen LogP contribution >= 0.6 is 15.9 Å². The molecule has 1 fully saturated rings. The van der Waals surface area contributed by atoms with E-state index in [1.807, 2.05) is 0 Å². The number of ether oxygens (including phenoxy) is 1. The molecule has 4 heteroatoms. The standard InChI is InChI=1S/C14H26BrNO2/c1-12(2)11-14(5-3-4-6-14)13(17)16-8-10-18-9-7-15/h12H,3-11H2,1-2H3,(H,16,17). The molecule has 0 unspecified atom stereocenters. The van der Waals surface area contributed by atoms with Crippen molar-refractivity contribution in [1.29, 1.82) is 0 Å². The molecule has 0 atom stereocenters. The zero-order chi connectivity index (χ0) is 13.4. The first-order chi connectivity index (χ1) is 8.60. The zero-order valence-electron chi connectivity index (χ0n) is 11.6. The fourth-order valence-corrected chi connectivity index (χ4v) is 3.17. The van der Waals surface area contributed by atoms with Gasteiger partial charge in [0, 0.05) is 17.3 Å². The molecule has 0 saturated heterocycles. The SMILES string of the molecule is CC(C)CC1(C(=O)NCCOCCBr)CCCC1. The second-order valence-corrected chi connectivity index (χ2v) is 6.44. The van der Waals surface area contributed by atoms with Crippen LogP contribution in [0.3, 0.4) is 0 Å². The molecule has 1 aliphatic carbocycles. The maximum Gasteiger partial charge on any atom is 0.226 e. The number of amides is 1. The molecule has 1 aliphatic rings. The monoisotopic (exact) mass is 319 g/mol. The van der Waals surface area contributed by atoms with E-state index >= 15 is 0 Å². The van der Waals surface area contributed by atoms with Crippen LogP contribution in [-0.2, 0) is 9.53 Å². The first-order valence-electron chi connectivity index (χ1n) is 7.03. The van der Waals surface area contributed by atoms with Crippen molar-refractivity contribution < 1.29 is 9.53 Å². The molecular formula is C14H26BrNO2. The molecule has 0 spiro atoms. The van der Waals surface area contributed by atoms with Crippen LogP contribution in [0.15, 0.2) is 0 Å². The summed E-state index contributed by atoms with van der Waals surface area (Å²) in [6.45, 7) is 6.34. The van der Waals surface area contributed by atoms with Crippen LogP contribution in [0, 0.1) is 11.3 Å². The lowest BCUT2D eigenvalue weighted by Crippen LogP contribution is -2.41. The average molecular weight is 320 g/mol. The highest BCUT2D eigenvalue weighted by atomic mass is 79.9. The van der Waals surface area contributed by atoms with E-state index in [4.69, 9.17) is 4.74 Å². The van der Waals surface area contributed by atoms with Crippen molar-refractivity contribution >= 4 is 21.8 Å². The predicted molar refractivity (Wildman–Crippen MR) is 78.0 cm³/mol. The fraction of sp³-hybridized carbons (Fsp3) is 0.929. The molecule has 18 heavy (non-hydrogen) atoms. The molecule has 0 bridgehead atoms. The van der Waals surface area contributed by atoms with E-state index in [2.05, 4.69) is 35.1 Å². The maximum atomic E-state index is 12.4. The van der Waals surface area contributed by atoms with E-state index in [1.54, 1.807) is 0 Å². The third-order valence-electron chi connectivity index (χ3n) is 3.59. The highest BCUT2D eigenvalue weighted by molar-refractivity contribution is 9.09. The molecule has 0 aromatic heterocycles. The molecule has 1 saturated carbocycles. The number of carbonyl (C=O) groups excluding carboxylic acids is 1. The molecule has 0 heterocycles. The number of halogens is 1. The smallest absolute Gasteiger partial charge is 0.226 e. The second-order valence-electron chi connectivity index (χ2n) is 5.64. The number of alkyl halides is 1. The summed E-state index contributed by atoms with van der Waals surface area (Å²) in [7, 11) is 0. The fourth-order valence-electron chi connectivity index (χ4n) is 2.94. The molecule has 1 N–H and O–H groups in total. The van der Waals surface area contributed by atoms with Crippen LogP contribution in [-0.4, -0.2) is 31.0 Å². The minimum absolute atomic E-state index is 0.0937. The van der Waals surface area contributed by atoms with E-state index in [9.17, 15) is 4.79 Å². The van der Waals surface area contributed by atoms with E-state index in [0.717, 1.165) is 24.6 Å². The summed E-state index contributed by atoms with van der Waals surface area (Å²) in [5.41, 5.74) is -0.0937. The molecule has 106 valence electrons. The highest BCUT2D eigenvalue weighted by Gasteiger charge is 2.40. The molecule has 3 nitrogen and oxygen atoms in total. The van der Waals surface area contributed by atoms with Gasteiger partial charge in [-0.1, -0.05) is 42.6 Å². The van der Waals surface area contributed by atoms with Crippen molar-refractivity contribution in [3.8, 4) is 0 Å². The minimum Gasteiger partial charge on any atom is -0.379 e. The van der Waals surface area contributed by atoms with Crippen LogP contribution in [0.1, 0.15) is 46.0 Å². The normalized spacial score (nSPS) is 18.2. The van der Waals surface area contributed by atoms with Gasteiger partial charge in [0.2, 0.25) is 5.91 Å². The quantitative estimate of drug-likeness (QED) is 0.551. The molecule has 1 amide bonds. The Morgan fingerprint density at radius 3 is 2.56 bits per heavy atom. The summed E-state index contributed by atoms with van der Waals surface area (Å²) in [6, 6.07) is 0. The van der Waals surface area contributed by atoms with Gasteiger partial charge in [-0.15, -0.1) is 0 Å². The zero-order valence-corrected chi connectivity index (χ0v) is 13.2. The average Bonchev–Trinajstić information content (AvgIpc) is 2.77. The van der Waals surface area contributed by atoms with Crippen LogP contribution in [0.5, 0.6) is 0 Å². The molecule has 1 rings (SSSR count). The third-order valence-corrected chi connectivity index (χ3v) is 3.92. The van der Waals surface area contributed by atoms with Crippen molar-refractivity contribution in [3.05, 3.63) is 0 Å². The lowest BCUT2D eigenvalue weighted by Gasteiger charge is -2.29. The topological polar surface area (TPSA) is 38.3 Å². The predicted octanol–water partition coefficient (Wildman–Crippen LogP) is 3.12. The number of carbonyl (C=O) groups is 1. The Labute approximate surface area is 119 Å². The van der Waals surface area contributed by atoms with Crippen molar-refractivity contribution in [2.45, 2.75) is 46.0 Å². The van der Waals surface area contributed by atoms with Crippen molar-refractivity contribution in [2.75, 3.05) is 25.1 Å². The van der Waals surface area contributed by atoms with Gasteiger partial charge in [0.25, 0.3) is 0 Å². The van der Waals surface area contributed by atoms with Gasteiger partial charge in [0.05, 0.1) is 13.2 Å². The van der Waals surface area contributed by atoms with Crippen molar-refractivity contribution in [1.82, 2.24) is 5.32 Å². The summed E-state index contributed by atoms with van der Waals surface area (Å²) in [4.78, 5) is 12.4. The van der Waals surface area contributed by atoms with Crippen LogP contribution < -0.4 is 5.32 Å². The van der Waals surface area contributed by atoms with Gasteiger partial charge >= 0.3 is 0 Å². The lowest BCUT2D eigenvalue weighted by molar-refractivity contribution is -0.132. The van der Waals surface area contributed by atoms with Gasteiger partial charge in [0.15, 0.2) is 0 Å². The van der Waals surface area contributed by atoms with Gasteiger partial charge in [-0.2, -0.15) is 0 Å². The molecule has 0 aromatic rings. The van der Waals surface area contributed by atoms with E-state index in [-0.39, 0.29) is 11.3 Å². The number of hydrogen-bond donors (Lipinski definition) is 1. The maximum absolute atomic E-state index is 12.4. The molecule has 0 radical (unpaired) electrons. The lowest BCUT2D eigenvalue weighted by atomic mass is 9.77. The van der Waals surface area contributed by atoms with Gasteiger partial charge in [-0.05, 0) is 25.2 Å². The van der Waals surface area contributed by atoms with E-state index in [0.29, 0.717) is 25.7 Å². The Kier molecular flexibility index (Phi) is 7.23. The van der Waals surface area contributed by atoms with E-state index < -0.39 is 0 Å². The molecular weight excluding hydrogens is 294 g/mol. The Morgan fingerprint density at radius 2 is 2.00 bits per heavy atom. The third kappa shape index (κ3) is 4.88. The highest BCUT2D eigenvalue weighted by Crippen LogP contribution is 2.43. The molecule has 0 aromatic carbocycles. The molecule has 0 aliphatic heterocycles. The first kappa shape index (κ1) is 16.0. The van der Waals surface area contributed by atoms with Crippen LogP contribution in [0.4, 0.5) is 0 Å². The van der Waals surface area contributed by atoms with Crippen molar-refractivity contribution in [2.24, 2.45) is 11.3 Å². The van der Waals surface area contributed by atoms with Gasteiger partial charge in [-0.25, -0.2) is 0 Å².